The zero-order valence-electron chi connectivity index (χ0n) is 22.1. The minimum atomic E-state index is -0.957. The fourth-order valence-corrected chi connectivity index (χ4v) is 5.77. The first-order valence-corrected chi connectivity index (χ1v) is 13.1. The van der Waals surface area contributed by atoms with Gasteiger partial charge in [0, 0.05) is 42.0 Å². The van der Waals surface area contributed by atoms with Crippen LogP contribution in [0.5, 0.6) is 0 Å². The molecule has 7 nitrogen and oxygen atoms in total. The fraction of sp³-hybridized carbons (Fsp3) is 0.464. The summed E-state index contributed by atoms with van der Waals surface area (Å²) in [5, 5.41) is 21.1. The van der Waals surface area contributed by atoms with E-state index in [4.69, 9.17) is 16.6 Å². The summed E-state index contributed by atoms with van der Waals surface area (Å²) in [5.74, 6) is 0.148. The molecule has 3 aromatic rings. The number of hydrogen-bond acceptors (Lipinski definition) is 5. The number of pyridine rings is 1. The van der Waals surface area contributed by atoms with E-state index < -0.39 is 17.2 Å². The minimum absolute atomic E-state index is 0.0516. The molecule has 37 heavy (non-hydrogen) atoms. The van der Waals surface area contributed by atoms with Crippen molar-refractivity contribution in [3.63, 3.8) is 0 Å². The maximum Gasteiger partial charge on any atom is 0.310 e. The number of likely N-dealkylation sites (tertiary alicyclic amines) is 1. The third-order valence-electron chi connectivity index (χ3n) is 7.80. The topological polar surface area (TPSA) is 94.1 Å². The van der Waals surface area contributed by atoms with E-state index in [1.54, 1.807) is 12.1 Å². The molecule has 0 spiro atoms. The number of rotatable bonds is 8. The lowest BCUT2D eigenvalue weighted by Crippen LogP contribution is -2.50. The van der Waals surface area contributed by atoms with Crippen molar-refractivity contribution < 1.29 is 14.3 Å². The van der Waals surface area contributed by atoms with Crippen LogP contribution in [0.3, 0.4) is 0 Å². The summed E-state index contributed by atoms with van der Waals surface area (Å²) in [5.41, 5.74) is 4.55. The Labute approximate surface area is 222 Å². The highest BCUT2D eigenvalue weighted by atomic mass is 35.5. The van der Waals surface area contributed by atoms with Gasteiger partial charge in [-0.3, -0.25) is 14.8 Å². The van der Waals surface area contributed by atoms with Crippen LogP contribution < -0.4 is 5.32 Å². The van der Waals surface area contributed by atoms with Crippen LogP contribution in [0.4, 0.5) is 16.0 Å². The number of piperidine rings is 1. The molecule has 9 heteroatoms. The van der Waals surface area contributed by atoms with E-state index >= 15 is 0 Å². The monoisotopic (exact) mass is 527 g/mol. The molecular weight excluding hydrogens is 493 g/mol. The number of nitrogens with one attached hydrogen (secondary N) is 2. The number of H-pyrrole nitrogens is 1. The van der Waals surface area contributed by atoms with Crippen LogP contribution in [0, 0.1) is 32.0 Å². The highest BCUT2D eigenvalue weighted by Crippen LogP contribution is 2.40. The number of aromatic amines is 1. The van der Waals surface area contributed by atoms with Gasteiger partial charge in [0.25, 0.3) is 0 Å². The molecule has 1 saturated heterocycles. The molecule has 198 valence electrons. The first-order chi connectivity index (χ1) is 17.5. The quantitative estimate of drug-likeness (QED) is 0.326. The van der Waals surface area contributed by atoms with Crippen molar-refractivity contribution in [2.24, 2.45) is 5.41 Å². The zero-order valence-corrected chi connectivity index (χ0v) is 22.8. The number of aromatic nitrogens is 3. The number of benzene rings is 1. The molecule has 0 aliphatic carbocycles. The van der Waals surface area contributed by atoms with Gasteiger partial charge in [-0.05, 0) is 76.3 Å². The number of nitrogens with zero attached hydrogens (tertiary/aromatic N) is 3. The predicted octanol–water partition coefficient (Wildman–Crippen LogP) is 6.13. The number of anilines is 2. The Hall–Kier alpha value is -2.97. The number of hydrogen-bond donors (Lipinski definition) is 3. The highest BCUT2D eigenvalue weighted by Gasteiger charge is 2.45. The van der Waals surface area contributed by atoms with Gasteiger partial charge in [0.05, 0.1) is 10.4 Å². The zero-order chi connectivity index (χ0) is 26.9. The number of aliphatic carboxylic acids is 1. The summed E-state index contributed by atoms with van der Waals surface area (Å²) in [7, 11) is 0. The van der Waals surface area contributed by atoms with Gasteiger partial charge >= 0.3 is 5.97 Å². The fourth-order valence-electron chi connectivity index (χ4n) is 5.58. The normalized spacial score (nSPS) is 20.2. The number of halogens is 2. The van der Waals surface area contributed by atoms with Gasteiger partial charge in [-0.2, -0.15) is 5.10 Å². The summed E-state index contributed by atoms with van der Waals surface area (Å²) in [6, 6.07) is 6.86. The molecule has 0 amide bonds. The summed E-state index contributed by atoms with van der Waals surface area (Å²) in [4.78, 5) is 19.8. The second-order valence-corrected chi connectivity index (χ2v) is 10.7. The number of carboxylic acids is 1. The molecule has 2 atom stereocenters. The van der Waals surface area contributed by atoms with Crippen LogP contribution in [-0.2, 0) is 24.2 Å². The number of aryl methyl sites for hydroxylation is 1. The SMILES string of the molecule is CCc1c(C)c(C[C@@]2(C(=O)O)CCN(Cc3cccc(Cl)c3F)[C@H](C)C2)nc(Nc2cc(C)[nH]n2)c1C. The third kappa shape index (κ3) is 5.50. The summed E-state index contributed by atoms with van der Waals surface area (Å²) in [6.07, 6.45) is 2.05. The Bertz CT molecular complexity index is 1310. The lowest BCUT2D eigenvalue weighted by atomic mass is 9.71. The molecule has 1 aliphatic rings. The van der Waals surface area contributed by atoms with Crippen LogP contribution in [0.1, 0.15) is 60.3 Å². The van der Waals surface area contributed by atoms with Gasteiger partial charge in [-0.1, -0.05) is 30.7 Å². The number of carbonyl (C=O) groups is 1. The minimum Gasteiger partial charge on any atom is -0.481 e. The molecule has 2 aromatic heterocycles. The average molecular weight is 528 g/mol. The van der Waals surface area contributed by atoms with E-state index in [9.17, 15) is 14.3 Å². The first kappa shape index (κ1) is 27.1. The third-order valence-corrected chi connectivity index (χ3v) is 8.09. The standard InChI is InChI=1S/C28H35ClFN5O2/c1-6-21-18(4)23(31-26(19(21)5)32-24-12-16(2)33-34-24)14-28(27(36)37)10-11-35(17(3)13-28)15-20-8-7-9-22(29)25(20)30/h7-9,12,17H,6,10-11,13-15H2,1-5H3,(H,36,37)(H2,31,32,33,34)/t17-,28-/m1/s1. The molecule has 3 heterocycles. The van der Waals surface area contributed by atoms with E-state index in [1.807, 2.05) is 33.8 Å². The van der Waals surface area contributed by atoms with Crippen LogP contribution in [-0.4, -0.2) is 43.7 Å². The van der Waals surface area contributed by atoms with Crippen molar-refractivity contribution in [2.45, 2.75) is 72.9 Å². The lowest BCUT2D eigenvalue weighted by molar-refractivity contribution is -0.153. The maximum absolute atomic E-state index is 14.5. The van der Waals surface area contributed by atoms with Crippen molar-refractivity contribution in [1.82, 2.24) is 20.1 Å². The van der Waals surface area contributed by atoms with E-state index in [1.165, 1.54) is 11.6 Å². The molecule has 0 radical (unpaired) electrons. The van der Waals surface area contributed by atoms with Gasteiger partial charge in [0.1, 0.15) is 11.6 Å². The Balaban J connectivity index is 1.61. The van der Waals surface area contributed by atoms with Crippen molar-refractivity contribution in [2.75, 3.05) is 11.9 Å². The Morgan fingerprint density at radius 1 is 1.32 bits per heavy atom. The van der Waals surface area contributed by atoms with Crippen LogP contribution in [0.25, 0.3) is 0 Å². The van der Waals surface area contributed by atoms with E-state index in [2.05, 4.69) is 27.3 Å². The van der Waals surface area contributed by atoms with E-state index in [0.29, 0.717) is 49.6 Å². The summed E-state index contributed by atoms with van der Waals surface area (Å²) < 4.78 is 14.5. The average Bonchev–Trinajstić information content (AvgIpc) is 3.26. The molecule has 0 unspecified atom stereocenters. The molecule has 0 bridgehead atoms. The van der Waals surface area contributed by atoms with Crippen molar-refractivity contribution in [3.05, 3.63) is 68.7 Å². The first-order valence-electron chi connectivity index (χ1n) is 12.7. The smallest absolute Gasteiger partial charge is 0.310 e. The Kier molecular flexibility index (Phi) is 7.90. The van der Waals surface area contributed by atoms with Crippen LogP contribution in [0.2, 0.25) is 5.02 Å². The molecule has 0 saturated carbocycles. The molecular formula is C28H35ClFN5O2. The second-order valence-electron chi connectivity index (χ2n) is 10.3. The van der Waals surface area contributed by atoms with Crippen molar-refractivity contribution in [1.29, 1.82) is 0 Å². The Morgan fingerprint density at radius 3 is 2.70 bits per heavy atom. The van der Waals surface area contributed by atoms with Crippen molar-refractivity contribution in [3.8, 4) is 0 Å². The second kappa shape index (κ2) is 10.8. The van der Waals surface area contributed by atoms with Crippen molar-refractivity contribution >= 4 is 29.2 Å². The number of carboxylic acid groups (broad SMARTS) is 1. The van der Waals surface area contributed by atoms with Gasteiger partial charge in [-0.15, -0.1) is 0 Å². The molecule has 1 aromatic carbocycles. The summed E-state index contributed by atoms with van der Waals surface area (Å²) in [6.45, 7) is 11.1. The molecule has 1 fully saturated rings. The van der Waals surface area contributed by atoms with Gasteiger partial charge < -0.3 is 10.4 Å². The summed E-state index contributed by atoms with van der Waals surface area (Å²) >= 11 is 5.97. The van der Waals surface area contributed by atoms with Gasteiger partial charge in [0.2, 0.25) is 0 Å². The maximum atomic E-state index is 14.5. The molecule has 1 aliphatic heterocycles. The van der Waals surface area contributed by atoms with E-state index in [-0.39, 0.29) is 11.1 Å². The lowest BCUT2D eigenvalue weighted by Gasteiger charge is -2.43. The van der Waals surface area contributed by atoms with Crippen LogP contribution >= 0.6 is 11.6 Å². The molecule has 3 N–H and O–H groups in total. The van der Waals surface area contributed by atoms with Gasteiger partial charge in [-0.25, -0.2) is 9.37 Å². The van der Waals surface area contributed by atoms with E-state index in [0.717, 1.165) is 28.9 Å². The van der Waals surface area contributed by atoms with Gasteiger partial charge in [0.15, 0.2) is 5.82 Å². The Morgan fingerprint density at radius 2 is 2.08 bits per heavy atom. The largest absolute Gasteiger partial charge is 0.481 e. The highest BCUT2D eigenvalue weighted by molar-refractivity contribution is 6.30. The predicted molar refractivity (Wildman–Crippen MR) is 144 cm³/mol. The molecule has 4 rings (SSSR count). The van der Waals surface area contributed by atoms with Crippen LogP contribution in [0.15, 0.2) is 24.3 Å².